The summed E-state index contributed by atoms with van der Waals surface area (Å²) in [5, 5.41) is 3.15. The molecule has 3 atom stereocenters. The van der Waals surface area contributed by atoms with Gasteiger partial charge in [-0.2, -0.15) is 0 Å². The summed E-state index contributed by atoms with van der Waals surface area (Å²) in [5.41, 5.74) is 5.76. The largest absolute Gasteiger partial charge is 0.373 e. The van der Waals surface area contributed by atoms with Gasteiger partial charge in [-0.25, -0.2) is 0 Å². The minimum Gasteiger partial charge on any atom is -0.373 e. The molecule has 1 aliphatic rings. The molecule has 1 heterocycles. The minimum atomic E-state index is -0.877. The molecule has 0 spiro atoms. The number of nitrogens with two attached hydrogens (primary N) is 1. The first-order chi connectivity index (χ1) is 9.98. The van der Waals surface area contributed by atoms with Crippen LogP contribution in [0, 0.1) is 0 Å². The number of primary amides is 1. The fraction of sp³-hybridized carbons (Fsp3) is 0.562. The highest BCUT2D eigenvalue weighted by Crippen LogP contribution is 2.24. The van der Waals surface area contributed by atoms with Crippen LogP contribution in [0.1, 0.15) is 19.4 Å². The van der Waals surface area contributed by atoms with E-state index in [1.54, 1.807) is 7.05 Å². The zero-order valence-electron chi connectivity index (χ0n) is 13.0. The highest BCUT2D eigenvalue weighted by molar-refractivity contribution is 5.86. The van der Waals surface area contributed by atoms with Crippen molar-refractivity contribution in [3.63, 3.8) is 0 Å². The lowest BCUT2D eigenvalue weighted by Gasteiger charge is -2.41. The lowest BCUT2D eigenvalue weighted by Crippen LogP contribution is -2.60. The third-order valence-electron chi connectivity index (χ3n) is 4.07. The molecule has 3 N–H and O–H groups in total. The Labute approximate surface area is 126 Å². The Morgan fingerprint density at radius 3 is 2.38 bits per heavy atom. The molecule has 1 aromatic rings. The third kappa shape index (κ3) is 3.43. The smallest absolute Gasteiger partial charge is 0.243 e. The van der Waals surface area contributed by atoms with Gasteiger partial charge >= 0.3 is 0 Å². The van der Waals surface area contributed by atoms with Crippen LogP contribution in [0.15, 0.2) is 30.3 Å². The molecule has 5 heteroatoms. The maximum atomic E-state index is 12.2. The van der Waals surface area contributed by atoms with E-state index in [1.807, 2.05) is 30.3 Å². The highest BCUT2D eigenvalue weighted by Gasteiger charge is 2.40. The molecule has 0 radical (unpaired) electrons. The van der Waals surface area contributed by atoms with Gasteiger partial charge in [0.05, 0.1) is 12.2 Å². The average Bonchev–Trinajstić information content (AvgIpc) is 2.44. The number of hydrogen-bond donors (Lipinski definition) is 2. The zero-order valence-corrected chi connectivity index (χ0v) is 13.0. The van der Waals surface area contributed by atoms with Crippen LogP contribution in [0.2, 0.25) is 0 Å². The number of morpholine rings is 1. The molecule has 1 aromatic carbocycles. The molecule has 116 valence electrons. The minimum absolute atomic E-state index is 0.159. The van der Waals surface area contributed by atoms with E-state index < -0.39 is 5.54 Å². The van der Waals surface area contributed by atoms with Crippen molar-refractivity contribution >= 4 is 5.91 Å². The number of carbonyl (C=O) groups excluding carboxylic acids is 1. The summed E-state index contributed by atoms with van der Waals surface area (Å²) in [7, 11) is 1.78. The van der Waals surface area contributed by atoms with E-state index >= 15 is 0 Å². The van der Waals surface area contributed by atoms with Gasteiger partial charge in [0.15, 0.2) is 0 Å². The second-order valence-electron chi connectivity index (χ2n) is 5.84. The van der Waals surface area contributed by atoms with Crippen molar-refractivity contribution in [3.8, 4) is 0 Å². The Kier molecular flexibility index (Phi) is 4.98. The number of nitrogens with zero attached hydrogens (tertiary/aromatic N) is 1. The topological polar surface area (TPSA) is 67.6 Å². The molecule has 1 fully saturated rings. The lowest BCUT2D eigenvalue weighted by molar-refractivity contribution is -0.127. The van der Waals surface area contributed by atoms with Gasteiger partial charge < -0.3 is 15.8 Å². The number of likely N-dealkylation sites (N-methyl/N-ethyl adjacent to an activating group) is 1. The second kappa shape index (κ2) is 6.56. The Balaban J connectivity index is 2.27. The van der Waals surface area contributed by atoms with Gasteiger partial charge in [-0.05, 0) is 26.5 Å². The van der Waals surface area contributed by atoms with E-state index in [0.717, 1.165) is 18.7 Å². The van der Waals surface area contributed by atoms with Crippen molar-refractivity contribution in [1.82, 2.24) is 10.2 Å². The van der Waals surface area contributed by atoms with Gasteiger partial charge in [-0.3, -0.25) is 9.69 Å². The zero-order chi connectivity index (χ0) is 15.5. The van der Waals surface area contributed by atoms with Crippen molar-refractivity contribution in [2.75, 3.05) is 26.7 Å². The Hall–Kier alpha value is -1.43. The average molecular weight is 291 g/mol. The van der Waals surface area contributed by atoms with E-state index in [4.69, 9.17) is 10.5 Å². The van der Waals surface area contributed by atoms with Crippen LogP contribution in [0.25, 0.3) is 0 Å². The van der Waals surface area contributed by atoms with E-state index in [2.05, 4.69) is 24.1 Å². The van der Waals surface area contributed by atoms with Gasteiger partial charge in [0.2, 0.25) is 5.91 Å². The third-order valence-corrected chi connectivity index (χ3v) is 4.07. The highest BCUT2D eigenvalue weighted by atomic mass is 16.5. The molecule has 3 unspecified atom stereocenters. The second-order valence-corrected chi connectivity index (χ2v) is 5.84. The summed E-state index contributed by atoms with van der Waals surface area (Å²) in [4.78, 5) is 14.4. The van der Waals surface area contributed by atoms with Crippen molar-refractivity contribution in [2.45, 2.75) is 31.6 Å². The molecule has 1 saturated heterocycles. The van der Waals surface area contributed by atoms with Crippen molar-refractivity contribution in [2.24, 2.45) is 5.73 Å². The number of nitrogens with one attached hydrogen (secondary N) is 1. The van der Waals surface area contributed by atoms with Crippen LogP contribution in [-0.4, -0.2) is 49.7 Å². The first-order valence-electron chi connectivity index (χ1n) is 7.40. The number of rotatable bonds is 5. The predicted octanol–water partition coefficient (Wildman–Crippen LogP) is 0.696. The number of ether oxygens (including phenoxy) is 1. The molecule has 21 heavy (non-hydrogen) atoms. The monoisotopic (exact) mass is 291 g/mol. The van der Waals surface area contributed by atoms with E-state index in [-0.39, 0.29) is 18.1 Å². The molecule has 5 nitrogen and oxygen atoms in total. The molecular formula is C16H25N3O2. The fourth-order valence-electron chi connectivity index (χ4n) is 3.13. The van der Waals surface area contributed by atoms with Gasteiger partial charge in [0, 0.05) is 19.6 Å². The summed E-state index contributed by atoms with van der Waals surface area (Å²) in [6.07, 6.45) is 0.318. The Morgan fingerprint density at radius 2 is 1.90 bits per heavy atom. The standard InChI is InChI=1S/C16H25N3O2/c1-12-9-19(10-13(2)21-12)11-16(18-3,15(17)20)14-7-5-4-6-8-14/h4-8,12-13,18H,9-11H2,1-3H3,(H2,17,20). The SMILES string of the molecule is CNC(CN1CC(C)OC(C)C1)(C(N)=O)c1ccccc1. The van der Waals surface area contributed by atoms with Crippen molar-refractivity contribution in [1.29, 1.82) is 0 Å². The summed E-state index contributed by atoms with van der Waals surface area (Å²) in [5.74, 6) is -0.358. The molecule has 0 aliphatic carbocycles. The molecule has 2 rings (SSSR count). The summed E-state index contributed by atoms with van der Waals surface area (Å²) < 4.78 is 5.75. The Morgan fingerprint density at radius 1 is 1.33 bits per heavy atom. The maximum Gasteiger partial charge on any atom is 0.243 e. The molecule has 0 aromatic heterocycles. The molecule has 1 amide bonds. The van der Waals surface area contributed by atoms with Gasteiger partial charge in [0.25, 0.3) is 0 Å². The van der Waals surface area contributed by atoms with Crippen LogP contribution in [0.5, 0.6) is 0 Å². The number of hydrogen-bond acceptors (Lipinski definition) is 4. The predicted molar refractivity (Wildman–Crippen MR) is 82.8 cm³/mol. The molecular weight excluding hydrogens is 266 g/mol. The molecule has 0 bridgehead atoms. The van der Waals surface area contributed by atoms with Crippen molar-refractivity contribution in [3.05, 3.63) is 35.9 Å². The summed E-state index contributed by atoms with van der Waals surface area (Å²) >= 11 is 0. The number of amides is 1. The number of carbonyl (C=O) groups is 1. The quantitative estimate of drug-likeness (QED) is 0.838. The number of benzene rings is 1. The van der Waals surface area contributed by atoms with E-state index in [9.17, 15) is 4.79 Å². The van der Waals surface area contributed by atoms with Crippen LogP contribution < -0.4 is 11.1 Å². The van der Waals surface area contributed by atoms with Gasteiger partial charge in [-0.1, -0.05) is 30.3 Å². The Bertz CT molecular complexity index is 470. The first-order valence-corrected chi connectivity index (χ1v) is 7.40. The maximum absolute atomic E-state index is 12.2. The summed E-state index contributed by atoms with van der Waals surface area (Å²) in [6.45, 7) is 6.25. The summed E-state index contributed by atoms with van der Waals surface area (Å²) in [6, 6.07) is 9.66. The van der Waals surface area contributed by atoms with Gasteiger partial charge in [0.1, 0.15) is 5.54 Å². The van der Waals surface area contributed by atoms with Crippen LogP contribution >= 0.6 is 0 Å². The van der Waals surface area contributed by atoms with E-state index in [0.29, 0.717) is 6.54 Å². The lowest BCUT2D eigenvalue weighted by atomic mass is 9.88. The van der Waals surface area contributed by atoms with Gasteiger partial charge in [-0.15, -0.1) is 0 Å². The van der Waals surface area contributed by atoms with Crippen molar-refractivity contribution < 1.29 is 9.53 Å². The first kappa shape index (κ1) is 15.9. The molecule has 1 aliphatic heterocycles. The van der Waals surface area contributed by atoms with Crippen LogP contribution in [-0.2, 0) is 15.1 Å². The normalized spacial score (nSPS) is 26.2. The van der Waals surface area contributed by atoms with E-state index in [1.165, 1.54) is 0 Å². The fourth-order valence-corrected chi connectivity index (χ4v) is 3.13. The van der Waals surface area contributed by atoms with Crippen LogP contribution in [0.3, 0.4) is 0 Å². The molecule has 0 saturated carbocycles. The van der Waals surface area contributed by atoms with Crippen LogP contribution in [0.4, 0.5) is 0 Å².